The van der Waals surface area contributed by atoms with E-state index in [-0.39, 0.29) is 11.6 Å². The molecular weight excluding hydrogens is 314 g/mol. The van der Waals surface area contributed by atoms with Crippen LogP contribution in [0.5, 0.6) is 0 Å². The molecule has 0 spiro atoms. The fourth-order valence-corrected chi connectivity index (χ4v) is 2.96. The summed E-state index contributed by atoms with van der Waals surface area (Å²) in [7, 11) is 1.75. The molecule has 1 aliphatic heterocycles. The number of nitrogens with one attached hydrogen (secondary N) is 1. The van der Waals surface area contributed by atoms with Crippen molar-refractivity contribution in [1.29, 1.82) is 0 Å². The third-order valence-electron chi connectivity index (χ3n) is 3.78. The van der Waals surface area contributed by atoms with Gasteiger partial charge in [-0.15, -0.1) is 0 Å². The van der Waals surface area contributed by atoms with Gasteiger partial charge < -0.3 is 10.2 Å². The quantitative estimate of drug-likeness (QED) is 0.532. The Balaban J connectivity index is 1.97. The van der Waals surface area contributed by atoms with Gasteiger partial charge in [0, 0.05) is 36.1 Å². The molecule has 23 heavy (non-hydrogen) atoms. The lowest BCUT2D eigenvalue weighted by Gasteiger charge is -2.14. The van der Waals surface area contributed by atoms with Crippen molar-refractivity contribution in [3.8, 4) is 0 Å². The summed E-state index contributed by atoms with van der Waals surface area (Å²) in [5, 5.41) is 13.8. The van der Waals surface area contributed by atoms with Gasteiger partial charge in [0.2, 0.25) is 5.91 Å². The van der Waals surface area contributed by atoms with Crippen molar-refractivity contribution in [3.05, 3.63) is 64.2 Å². The van der Waals surface area contributed by atoms with Crippen molar-refractivity contribution in [1.82, 2.24) is 0 Å². The molecule has 0 aliphatic carbocycles. The number of nitro benzene ring substituents is 1. The molecule has 7 heteroatoms. The number of rotatable bonds is 3. The Morgan fingerprint density at radius 3 is 2.61 bits per heavy atom. The Kier molecular flexibility index (Phi) is 3.79. The second-order valence-electron chi connectivity index (χ2n) is 5.19. The van der Waals surface area contributed by atoms with Gasteiger partial charge in [-0.1, -0.05) is 30.4 Å². The number of hydrogen-bond acceptors (Lipinski definition) is 4. The number of amides is 1. The molecule has 0 aromatic heterocycles. The fraction of sp³-hybridized carbons (Fsp3) is 0.125. The van der Waals surface area contributed by atoms with Crippen LogP contribution in [-0.4, -0.2) is 22.9 Å². The minimum absolute atomic E-state index is 0.0561. The molecule has 0 bridgehead atoms. The average molecular weight is 327 g/mol. The van der Waals surface area contributed by atoms with Crippen LogP contribution < -0.4 is 10.2 Å². The van der Waals surface area contributed by atoms with Crippen LogP contribution in [0.1, 0.15) is 11.5 Å². The van der Waals surface area contributed by atoms with Crippen LogP contribution in [0.25, 0.3) is 0 Å². The fourth-order valence-electron chi connectivity index (χ4n) is 2.63. The number of likely N-dealkylation sites (N-methyl/N-ethyl adjacent to an activating group) is 1. The molecule has 0 saturated heterocycles. The largest absolute Gasteiger partial charge is 0.338 e. The summed E-state index contributed by atoms with van der Waals surface area (Å²) in [6.07, 6.45) is 0. The minimum atomic E-state index is -0.717. The number of thiocarbonyl (C=S) groups is 1. The van der Waals surface area contributed by atoms with Gasteiger partial charge in [0.05, 0.1) is 9.91 Å². The predicted octanol–water partition coefficient (Wildman–Crippen LogP) is 3.09. The Morgan fingerprint density at radius 2 is 1.96 bits per heavy atom. The first kappa shape index (κ1) is 15.1. The van der Waals surface area contributed by atoms with Crippen molar-refractivity contribution >= 4 is 40.2 Å². The van der Waals surface area contributed by atoms with E-state index in [1.54, 1.807) is 30.1 Å². The molecule has 2 aromatic carbocycles. The molecule has 0 saturated carbocycles. The maximum Gasteiger partial charge on any atom is 0.269 e. The van der Waals surface area contributed by atoms with Gasteiger partial charge in [-0.2, -0.15) is 0 Å². The topological polar surface area (TPSA) is 75.5 Å². The van der Waals surface area contributed by atoms with Crippen molar-refractivity contribution in [2.75, 3.05) is 17.3 Å². The van der Waals surface area contributed by atoms with Crippen LogP contribution in [-0.2, 0) is 4.79 Å². The zero-order valence-corrected chi connectivity index (χ0v) is 13.0. The van der Waals surface area contributed by atoms with Gasteiger partial charge >= 0.3 is 0 Å². The smallest absolute Gasteiger partial charge is 0.269 e. The van der Waals surface area contributed by atoms with Crippen molar-refractivity contribution in [2.24, 2.45) is 0 Å². The molecule has 1 amide bonds. The van der Waals surface area contributed by atoms with Crippen LogP contribution in [0.4, 0.5) is 17.1 Å². The van der Waals surface area contributed by atoms with E-state index in [0.717, 1.165) is 0 Å². The van der Waals surface area contributed by atoms with Gasteiger partial charge in [0.1, 0.15) is 5.92 Å². The molecule has 1 heterocycles. The van der Waals surface area contributed by atoms with Crippen LogP contribution >= 0.6 is 12.2 Å². The molecule has 116 valence electrons. The molecular formula is C16H13N3O3S. The Bertz CT molecular complexity index is 807. The summed E-state index contributed by atoms with van der Waals surface area (Å²) in [6, 6.07) is 13.5. The van der Waals surface area contributed by atoms with Gasteiger partial charge in [-0.3, -0.25) is 14.9 Å². The van der Waals surface area contributed by atoms with Gasteiger partial charge in [-0.05, 0) is 18.2 Å². The summed E-state index contributed by atoms with van der Waals surface area (Å²) in [5.74, 6) is -1.02. The first-order valence-electron chi connectivity index (χ1n) is 6.91. The number of nitrogens with zero attached hydrogens (tertiary/aromatic N) is 2. The Morgan fingerprint density at radius 1 is 1.26 bits per heavy atom. The average Bonchev–Trinajstić information content (AvgIpc) is 2.79. The number of carbonyl (C=O) groups is 1. The number of benzene rings is 2. The highest BCUT2D eigenvalue weighted by Crippen LogP contribution is 2.39. The highest BCUT2D eigenvalue weighted by molar-refractivity contribution is 7.80. The summed E-state index contributed by atoms with van der Waals surface area (Å²) >= 11 is 5.36. The molecule has 1 atom stereocenters. The van der Waals surface area contributed by atoms with E-state index in [0.29, 0.717) is 21.9 Å². The van der Waals surface area contributed by atoms with E-state index in [1.807, 2.05) is 18.2 Å². The summed E-state index contributed by atoms with van der Waals surface area (Å²) in [5.41, 5.74) is 1.87. The summed E-state index contributed by atoms with van der Waals surface area (Å²) < 4.78 is 0. The van der Waals surface area contributed by atoms with Crippen LogP contribution in [0.3, 0.4) is 0 Å². The van der Waals surface area contributed by atoms with Crippen molar-refractivity contribution in [2.45, 2.75) is 5.92 Å². The Labute approximate surface area is 137 Å². The van der Waals surface area contributed by atoms with E-state index in [9.17, 15) is 14.9 Å². The van der Waals surface area contributed by atoms with Crippen LogP contribution in [0, 0.1) is 10.1 Å². The molecule has 0 radical (unpaired) electrons. The van der Waals surface area contributed by atoms with E-state index in [2.05, 4.69) is 5.32 Å². The molecule has 3 rings (SSSR count). The second kappa shape index (κ2) is 5.77. The summed E-state index contributed by atoms with van der Waals surface area (Å²) in [6.45, 7) is 0. The maximum atomic E-state index is 12.6. The maximum absolute atomic E-state index is 12.6. The number of anilines is 2. The lowest BCUT2D eigenvalue weighted by Crippen LogP contribution is -2.30. The van der Waals surface area contributed by atoms with E-state index in [4.69, 9.17) is 12.2 Å². The molecule has 2 aromatic rings. The number of fused-ring (bicyclic) bond motifs is 1. The first-order valence-corrected chi connectivity index (χ1v) is 7.31. The van der Waals surface area contributed by atoms with Gasteiger partial charge in [0.15, 0.2) is 0 Å². The normalized spacial score (nSPS) is 16.1. The second-order valence-corrected chi connectivity index (χ2v) is 5.60. The first-order chi connectivity index (χ1) is 11.0. The van der Waals surface area contributed by atoms with Crippen molar-refractivity contribution in [3.63, 3.8) is 0 Å². The SMILES string of the molecule is CN1C(=S)C(C(=O)Nc2ccccc2)c2cc([N+](=O)[O-])ccc21. The highest BCUT2D eigenvalue weighted by atomic mass is 32.1. The minimum Gasteiger partial charge on any atom is -0.338 e. The molecule has 0 fully saturated rings. The molecule has 1 unspecified atom stereocenters. The molecule has 6 nitrogen and oxygen atoms in total. The lowest BCUT2D eigenvalue weighted by molar-refractivity contribution is -0.384. The lowest BCUT2D eigenvalue weighted by atomic mass is 9.99. The summed E-state index contributed by atoms with van der Waals surface area (Å²) in [4.78, 5) is 25.3. The van der Waals surface area contributed by atoms with E-state index >= 15 is 0 Å². The predicted molar refractivity (Wildman–Crippen MR) is 91.9 cm³/mol. The zero-order chi connectivity index (χ0) is 16.6. The Hall–Kier alpha value is -2.80. The monoisotopic (exact) mass is 327 g/mol. The number of hydrogen-bond donors (Lipinski definition) is 1. The standard InChI is InChI=1S/C16H13N3O3S/c1-18-13-8-7-11(19(21)22)9-12(13)14(16(18)23)15(20)17-10-5-3-2-4-6-10/h2-9,14H,1H3,(H,17,20). The van der Waals surface area contributed by atoms with Crippen LogP contribution in [0.15, 0.2) is 48.5 Å². The third-order valence-corrected chi connectivity index (χ3v) is 4.28. The number of para-hydroxylation sites is 1. The van der Waals surface area contributed by atoms with E-state index in [1.165, 1.54) is 12.1 Å². The van der Waals surface area contributed by atoms with Crippen LogP contribution in [0.2, 0.25) is 0 Å². The number of nitro groups is 1. The van der Waals surface area contributed by atoms with Crippen molar-refractivity contribution < 1.29 is 9.72 Å². The van der Waals surface area contributed by atoms with Gasteiger partial charge in [0.25, 0.3) is 5.69 Å². The highest BCUT2D eigenvalue weighted by Gasteiger charge is 2.38. The molecule has 1 aliphatic rings. The van der Waals surface area contributed by atoms with Gasteiger partial charge in [-0.25, -0.2) is 0 Å². The number of carbonyl (C=O) groups excluding carboxylic acids is 1. The molecule has 1 N–H and O–H groups in total. The number of non-ortho nitro benzene ring substituents is 1. The third kappa shape index (κ3) is 2.66. The van der Waals surface area contributed by atoms with E-state index < -0.39 is 10.8 Å². The zero-order valence-electron chi connectivity index (χ0n) is 12.2.